The van der Waals surface area contributed by atoms with Gasteiger partial charge < -0.3 is 5.11 Å². The summed E-state index contributed by atoms with van der Waals surface area (Å²) in [6, 6.07) is 0. The molecule has 1 N–H and O–H groups in total. The molecule has 96 valence electrons. The van der Waals surface area contributed by atoms with Gasteiger partial charge in [-0.2, -0.15) is 0 Å². The van der Waals surface area contributed by atoms with Crippen molar-refractivity contribution in [2.75, 3.05) is 0 Å². The van der Waals surface area contributed by atoms with Crippen molar-refractivity contribution in [2.24, 2.45) is 0 Å². The molecule has 0 amide bonds. The standard InChI is InChI=1S/C12H19ClN2OS/c1-5-6-10-14-11(13)7(2)12(15-10)17-9(4)8(3)16/h8-9,16H,5-6H2,1-4H3. The average Bonchev–Trinajstić information content (AvgIpc) is 2.25. The van der Waals surface area contributed by atoms with Crippen LogP contribution in [0.3, 0.4) is 0 Å². The minimum absolute atomic E-state index is 0.0918. The van der Waals surface area contributed by atoms with E-state index in [2.05, 4.69) is 16.9 Å². The molecule has 0 aromatic carbocycles. The lowest BCUT2D eigenvalue weighted by Gasteiger charge is -2.15. The fourth-order valence-corrected chi connectivity index (χ4v) is 2.46. The Balaban J connectivity index is 2.97. The molecule has 2 unspecified atom stereocenters. The Labute approximate surface area is 112 Å². The normalized spacial score (nSPS) is 14.7. The summed E-state index contributed by atoms with van der Waals surface area (Å²) in [6.45, 7) is 7.75. The first-order valence-electron chi connectivity index (χ1n) is 5.83. The number of hydrogen-bond donors (Lipinski definition) is 1. The van der Waals surface area contributed by atoms with Crippen molar-refractivity contribution in [1.82, 2.24) is 9.97 Å². The van der Waals surface area contributed by atoms with Crippen LogP contribution in [0.5, 0.6) is 0 Å². The van der Waals surface area contributed by atoms with Gasteiger partial charge in [-0.25, -0.2) is 9.97 Å². The topological polar surface area (TPSA) is 46.0 Å². The van der Waals surface area contributed by atoms with E-state index in [0.29, 0.717) is 5.15 Å². The van der Waals surface area contributed by atoms with Crippen molar-refractivity contribution in [2.45, 2.75) is 56.9 Å². The van der Waals surface area contributed by atoms with E-state index in [4.69, 9.17) is 11.6 Å². The third kappa shape index (κ3) is 4.12. The summed E-state index contributed by atoms with van der Waals surface area (Å²) < 4.78 is 0. The second kappa shape index (κ2) is 6.57. The molecule has 0 aliphatic rings. The predicted molar refractivity (Wildman–Crippen MR) is 72.8 cm³/mol. The molecular weight excluding hydrogens is 256 g/mol. The molecule has 1 aromatic rings. The van der Waals surface area contributed by atoms with E-state index in [9.17, 15) is 5.11 Å². The molecule has 0 bridgehead atoms. The van der Waals surface area contributed by atoms with Crippen LogP contribution in [0.25, 0.3) is 0 Å². The van der Waals surface area contributed by atoms with Gasteiger partial charge in [-0.05, 0) is 20.3 Å². The SMILES string of the molecule is CCCc1nc(Cl)c(C)c(SC(C)C(C)O)n1. The molecule has 1 aromatic heterocycles. The maximum absolute atomic E-state index is 9.52. The van der Waals surface area contributed by atoms with E-state index in [-0.39, 0.29) is 11.4 Å². The summed E-state index contributed by atoms with van der Waals surface area (Å²) in [4.78, 5) is 8.76. The number of hydrogen-bond acceptors (Lipinski definition) is 4. The van der Waals surface area contributed by atoms with Crippen LogP contribution in [-0.2, 0) is 6.42 Å². The van der Waals surface area contributed by atoms with Crippen LogP contribution in [0.15, 0.2) is 5.03 Å². The molecule has 0 spiro atoms. The Hall–Kier alpha value is -0.320. The zero-order chi connectivity index (χ0) is 13.0. The molecular formula is C12H19ClN2OS. The van der Waals surface area contributed by atoms with Gasteiger partial charge in [-0.3, -0.25) is 0 Å². The summed E-state index contributed by atoms with van der Waals surface area (Å²) in [7, 11) is 0. The van der Waals surface area contributed by atoms with E-state index in [1.54, 1.807) is 18.7 Å². The van der Waals surface area contributed by atoms with Crippen LogP contribution >= 0.6 is 23.4 Å². The van der Waals surface area contributed by atoms with E-state index in [1.807, 2.05) is 13.8 Å². The molecule has 0 fully saturated rings. The van der Waals surface area contributed by atoms with Gasteiger partial charge in [-0.15, -0.1) is 11.8 Å². The minimum Gasteiger partial charge on any atom is -0.392 e. The van der Waals surface area contributed by atoms with Gasteiger partial charge in [0.1, 0.15) is 16.0 Å². The Bertz CT molecular complexity index is 385. The van der Waals surface area contributed by atoms with Gasteiger partial charge in [0.25, 0.3) is 0 Å². The molecule has 5 heteroatoms. The molecule has 0 saturated carbocycles. The number of nitrogens with zero attached hydrogens (tertiary/aromatic N) is 2. The van der Waals surface area contributed by atoms with Gasteiger partial charge in [0, 0.05) is 17.2 Å². The number of thioether (sulfide) groups is 1. The van der Waals surface area contributed by atoms with Gasteiger partial charge in [-0.1, -0.05) is 25.4 Å². The van der Waals surface area contributed by atoms with Crippen molar-refractivity contribution in [3.05, 3.63) is 16.5 Å². The lowest BCUT2D eigenvalue weighted by atomic mass is 10.3. The molecule has 3 nitrogen and oxygen atoms in total. The van der Waals surface area contributed by atoms with Crippen molar-refractivity contribution in [1.29, 1.82) is 0 Å². The quantitative estimate of drug-likeness (QED) is 0.661. The van der Waals surface area contributed by atoms with E-state index in [0.717, 1.165) is 29.3 Å². The van der Waals surface area contributed by atoms with E-state index in [1.165, 1.54) is 0 Å². The highest BCUT2D eigenvalue weighted by atomic mass is 35.5. The number of aromatic nitrogens is 2. The zero-order valence-corrected chi connectivity index (χ0v) is 12.3. The predicted octanol–water partition coefficient (Wildman–Crippen LogP) is 3.25. The Morgan fingerprint density at radius 3 is 2.53 bits per heavy atom. The largest absolute Gasteiger partial charge is 0.392 e. The van der Waals surface area contributed by atoms with Crippen LogP contribution in [0.2, 0.25) is 5.15 Å². The third-order valence-corrected chi connectivity index (χ3v) is 4.29. The number of aliphatic hydroxyl groups excluding tert-OH is 1. The molecule has 1 rings (SSSR count). The van der Waals surface area contributed by atoms with Crippen molar-refractivity contribution in [3.8, 4) is 0 Å². The van der Waals surface area contributed by atoms with E-state index >= 15 is 0 Å². The smallest absolute Gasteiger partial charge is 0.136 e. The molecule has 0 radical (unpaired) electrons. The second-order valence-electron chi connectivity index (χ2n) is 4.17. The average molecular weight is 275 g/mol. The fraction of sp³-hybridized carbons (Fsp3) is 0.667. The van der Waals surface area contributed by atoms with Gasteiger partial charge in [0.05, 0.1) is 6.10 Å². The molecule has 1 heterocycles. The van der Waals surface area contributed by atoms with Crippen LogP contribution in [0.4, 0.5) is 0 Å². The lowest BCUT2D eigenvalue weighted by Crippen LogP contribution is -2.16. The van der Waals surface area contributed by atoms with Crippen LogP contribution in [-0.4, -0.2) is 26.4 Å². The maximum atomic E-state index is 9.52. The number of rotatable bonds is 5. The Morgan fingerprint density at radius 2 is 2.00 bits per heavy atom. The Morgan fingerprint density at radius 1 is 1.35 bits per heavy atom. The van der Waals surface area contributed by atoms with Gasteiger partial charge in [0.2, 0.25) is 0 Å². The highest BCUT2D eigenvalue weighted by molar-refractivity contribution is 7.99. The minimum atomic E-state index is -0.372. The third-order valence-electron chi connectivity index (χ3n) is 2.54. The summed E-state index contributed by atoms with van der Waals surface area (Å²) in [5.74, 6) is 0.781. The first-order valence-corrected chi connectivity index (χ1v) is 7.09. The van der Waals surface area contributed by atoms with Crippen LogP contribution < -0.4 is 0 Å². The van der Waals surface area contributed by atoms with Gasteiger partial charge >= 0.3 is 0 Å². The maximum Gasteiger partial charge on any atom is 0.136 e. The summed E-state index contributed by atoms with van der Waals surface area (Å²) in [5, 5.41) is 11.0. The molecule has 0 saturated heterocycles. The number of aliphatic hydroxyl groups is 1. The molecule has 0 aliphatic carbocycles. The first kappa shape index (κ1) is 14.7. The van der Waals surface area contributed by atoms with Crippen molar-refractivity contribution < 1.29 is 5.11 Å². The second-order valence-corrected chi connectivity index (χ2v) is 5.90. The lowest BCUT2D eigenvalue weighted by molar-refractivity contribution is 0.196. The van der Waals surface area contributed by atoms with E-state index < -0.39 is 0 Å². The highest BCUT2D eigenvalue weighted by Gasteiger charge is 2.16. The highest BCUT2D eigenvalue weighted by Crippen LogP contribution is 2.29. The summed E-state index contributed by atoms with van der Waals surface area (Å²) >= 11 is 7.64. The fourth-order valence-electron chi connectivity index (χ4n) is 1.24. The molecule has 2 atom stereocenters. The van der Waals surface area contributed by atoms with Crippen molar-refractivity contribution >= 4 is 23.4 Å². The molecule has 17 heavy (non-hydrogen) atoms. The van der Waals surface area contributed by atoms with Crippen LogP contribution in [0.1, 0.15) is 38.6 Å². The number of aryl methyl sites for hydroxylation is 1. The monoisotopic (exact) mass is 274 g/mol. The van der Waals surface area contributed by atoms with Crippen LogP contribution in [0, 0.1) is 6.92 Å². The van der Waals surface area contributed by atoms with Gasteiger partial charge in [0.15, 0.2) is 0 Å². The van der Waals surface area contributed by atoms with Crippen molar-refractivity contribution in [3.63, 3.8) is 0 Å². The number of halogens is 1. The molecule has 0 aliphatic heterocycles. The first-order chi connectivity index (χ1) is 7.95. The summed E-state index contributed by atoms with van der Waals surface area (Å²) in [5.41, 5.74) is 0.893. The zero-order valence-electron chi connectivity index (χ0n) is 10.7. The summed E-state index contributed by atoms with van der Waals surface area (Å²) in [6.07, 6.45) is 1.45. The Kier molecular flexibility index (Phi) is 5.70.